The minimum Gasteiger partial charge on any atom is -0.508 e. The van der Waals surface area contributed by atoms with E-state index >= 15 is 0 Å². The molecule has 5 rings (SSSR count). The molecule has 0 aliphatic heterocycles. The number of nitrogens with one attached hydrogen (secondary N) is 13. The maximum absolute atomic E-state index is 14.8. The lowest BCUT2D eigenvalue weighted by molar-refractivity contribution is -0.144. The number of amides is 11. The first kappa shape index (κ1) is 86.6. The molecule has 0 aliphatic carbocycles. The SMILES string of the molecule is CC(C)[C@H](NC(=O)[C@H](CC(=O)O)NC(=O)[C@H](Cc1ccccc1)NC(=O)[C@H](Cc1ccc(O)cc1)NC(=O)[C@H](Cc1ccccc1)NC(=O)[C@H](CC(=O)O)NC(=O)[C@H](CC(=O)O)NC(=O)CNC(=O)[C@H](Cc1ccc(O)cc1)NC(=O)[C@H](C)NC(=O)[C@H](CCCNC(=N)N)NC(=O)[C@@H](N)Cc1ccccc1)C(=O)O. The summed E-state index contributed by atoms with van der Waals surface area (Å²) in [6, 6.07) is 16.9. The number of phenolic OH excluding ortho intramolecular Hbond substituents is 2. The van der Waals surface area contributed by atoms with Gasteiger partial charge in [0.15, 0.2) is 5.96 Å². The Balaban J connectivity index is 1.36. The summed E-state index contributed by atoms with van der Waals surface area (Å²) in [6.45, 7) is 3.29. The first-order valence-electron chi connectivity index (χ1n) is 34.3. The Labute approximate surface area is 625 Å². The van der Waals surface area contributed by atoms with Crippen LogP contribution in [0.3, 0.4) is 0 Å². The van der Waals surface area contributed by atoms with E-state index in [0.717, 1.165) is 5.56 Å². The first-order chi connectivity index (χ1) is 51.6. The Morgan fingerprint density at radius 1 is 0.367 bits per heavy atom. The van der Waals surface area contributed by atoms with Gasteiger partial charge in [-0.15, -0.1) is 0 Å². The molecule has 11 atom stereocenters. The second kappa shape index (κ2) is 43.4. The topological polar surface area (TPSA) is 598 Å². The van der Waals surface area contributed by atoms with Crippen molar-refractivity contribution >= 4 is 94.8 Å². The van der Waals surface area contributed by atoms with E-state index in [-0.39, 0.29) is 61.7 Å². The van der Waals surface area contributed by atoms with Gasteiger partial charge in [0.1, 0.15) is 71.9 Å². The minimum absolute atomic E-state index is 0.0275. The first-order valence-corrected chi connectivity index (χ1v) is 34.3. The quantitative estimate of drug-likeness (QED) is 0.0108. The number of benzene rings is 5. The summed E-state index contributed by atoms with van der Waals surface area (Å²) < 4.78 is 0. The number of carboxylic acid groups (broad SMARTS) is 4. The van der Waals surface area contributed by atoms with Crippen LogP contribution in [0.15, 0.2) is 140 Å². The molecule has 0 heterocycles. The molecule has 0 aliphatic rings. The van der Waals surface area contributed by atoms with Crippen molar-refractivity contribution in [2.24, 2.45) is 17.4 Å². The van der Waals surface area contributed by atoms with Crippen molar-refractivity contribution in [1.82, 2.24) is 63.8 Å². The summed E-state index contributed by atoms with van der Waals surface area (Å²) in [7, 11) is 0. The van der Waals surface area contributed by atoms with Crippen molar-refractivity contribution in [2.45, 2.75) is 151 Å². The van der Waals surface area contributed by atoms with E-state index in [0.29, 0.717) is 16.7 Å². The molecule has 11 amide bonds. The highest BCUT2D eigenvalue weighted by Gasteiger charge is 2.38. The summed E-state index contributed by atoms with van der Waals surface area (Å²) in [5.74, 6) is -20.2. The Morgan fingerprint density at radius 3 is 1.06 bits per heavy atom. The van der Waals surface area contributed by atoms with E-state index in [1.807, 2.05) is 0 Å². The average Bonchev–Trinajstić information content (AvgIpc) is 0.845. The predicted octanol–water partition coefficient (Wildman–Crippen LogP) is -2.65. The molecule has 36 heteroatoms. The number of aliphatic carboxylic acids is 4. The highest BCUT2D eigenvalue weighted by atomic mass is 16.4. The van der Waals surface area contributed by atoms with Gasteiger partial charge in [-0.05, 0) is 84.2 Å². The number of nitrogens with two attached hydrogens (primary N) is 2. The molecule has 5 aromatic carbocycles. The van der Waals surface area contributed by atoms with Gasteiger partial charge in [-0.1, -0.05) is 129 Å². The molecule has 5 aromatic rings. The van der Waals surface area contributed by atoms with Crippen molar-refractivity contribution < 1.29 is 103 Å². The van der Waals surface area contributed by atoms with Crippen molar-refractivity contribution in [1.29, 1.82) is 5.41 Å². The molecule has 0 bridgehead atoms. The molecule has 23 N–H and O–H groups in total. The molecule has 584 valence electrons. The van der Waals surface area contributed by atoms with Crippen molar-refractivity contribution in [3.05, 3.63) is 167 Å². The van der Waals surface area contributed by atoms with E-state index in [1.54, 1.807) is 78.9 Å². The molecule has 0 saturated heterocycles. The van der Waals surface area contributed by atoms with Crippen LogP contribution < -0.4 is 75.3 Å². The molecule has 109 heavy (non-hydrogen) atoms. The van der Waals surface area contributed by atoms with Crippen LogP contribution in [0, 0.1) is 11.3 Å². The van der Waals surface area contributed by atoms with Crippen molar-refractivity contribution in [3.8, 4) is 11.5 Å². The number of hydrogen-bond donors (Lipinski definition) is 21. The fraction of sp³-hybridized carbons (Fsp3) is 0.370. The van der Waals surface area contributed by atoms with E-state index in [1.165, 1.54) is 81.4 Å². The lowest BCUT2D eigenvalue weighted by atomic mass is 10.00. The third kappa shape index (κ3) is 30.9. The van der Waals surface area contributed by atoms with E-state index in [4.69, 9.17) is 16.9 Å². The number of hydrogen-bond acceptors (Lipinski definition) is 19. The standard InChI is InChI=1S/C73H91N15O21/c1-39(2)61(72(108)109)88-71(107)56(37-60(96)97)87-68(104)52(32-43-18-11-6-12-19-43)83-67(103)53(34-45-23-27-47(90)28-24-45)84-66(102)51(31-42-16-9-5-10-17-42)85-70(106)55(36-59(94)95)86-69(105)54(35-58(92)93)80-57(91)38-78-64(100)50(33-44-21-25-46(89)26-22-44)82-62(98)40(3)79-65(101)49(20-13-29-77-73(75)76)81-63(99)48(74)30-41-14-7-4-8-15-41/h4-12,14-19,21-28,39-40,48-56,61,89-90H,13,20,29-38,74H2,1-3H3,(H,78,100)(H,79,101)(H,80,91)(H,81,99)(H,82,98)(H,83,103)(H,84,102)(H,85,106)(H,86,105)(H,87,104)(H,88,107)(H,92,93)(H,94,95)(H,96,97)(H,108,109)(H4,75,76,77)/t40-,48-,49-,50-,51-,52-,53-,54-,55-,56-,61-/m0/s1. The van der Waals surface area contributed by atoms with Crippen LogP contribution in [0.25, 0.3) is 0 Å². The second-order valence-electron chi connectivity index (χ2n) is 25.8. The van der Waals surface area contributed by atoms with Gasteiger partial charge in [0.25, 0.3) is 0 Å². The third-order valence-electron chi connectivity index (χ3n) is 16.6. The normalized spacial score (nSPS) is 13.9. The maximum Gasteiger partial charge on any atom is 0.326 e. The van der Waals surface area contributed by atoms with E-state index < -0.39 is 200 Å². The molecule has 36 nitrogen and oxygen atoms in total. The summed E-state index contributed by atoms with van der Waals surface area (Å²) in [5, 5.41) is 95.8. The summed E-state index contributed by atoms with van der Waals surface area (Å²) in [5.41, 5.74) is 13.8. The van der Waals surface area contributed by atoms with E-state index in [9.17, 15) is 103 Å². The second-order valence-corrected chi connectivity index (χ2v) is 25.8. The number of aromatic hydroxyl groups is 2. The number of carbonyl (C=O) groups excluding carboxylic acids is 11. The smallest absolute Gasteiger partial charge is 0.326 e. The molecule has 0 saturated carbocycles. The zero-order chi connectivity index (χ0) is 80.4. The number of carboxylic acids is 4. The average molecular weight is 1510 g/mol. The molecular weight excluding hydrogens is 1420 g/mol. The highest BCUT2D eigenvalue weighted by molar-refractivity contribution is 6.00. The monoisotopic (exact) mass is 1510 g/mol. The Morgan fingerprint density at radius 2 is 0.688 bits per heavy atom. The van der Waals surface area contributed by atoms with Crippen LogP contribution in [0.2, 0.25) is 0 Å². The highest BCUT2D eigenvalue weighted by Crippen LogP contribution is 2.17. The number of phenols is 2. The Bertz CT molecular complexity index is 4010. The molecule has 0 radical (unpaired) electrons. The van der Waals surface area contributed by atoms with Gasteiger partial charge >= 0.3 is 23.9 Å². The van der Waals surface area contributed by atoms with Gasteiger partial charge in [-0.25, -0.2) is 4.79 Å². The lowest BCUT2D eigenvalue weighted by Gasteiger charge is -2.28. The fourth-order valence-electron chi connectivity index (χ4n) is 10.8. The summed E-state index contributed by atoms with van der Waals surface area (Å²) in [6.07, 6.45) is -4.73. The number of carbonyl (C=O) groups is 15. The lowest BCUT2D eigenvalue weighted by Crippen LogP contribution is -2.61. The Hall–Kier alpha value is -13.0. The van der Waals surface area contributed by atoms with Crippen LogP contribution in [0.5, 0.6) is 11.5 Å². The predicted molar refractivity (Wildman–Crippen MR) is 388 cm³/mol. The van der Waals surface area contributed by atoms with Gasteiger partial charge in [0, 0.05) is 32.2 Å². The fourth-order valence-corrected chi connectivity index (χ4v) is 10.8. The number of guanidine groups is 1. The largest absolute Gasteiger partial charge is 0.508 e. The minimum atomic E-state index is -2.18. The zero-order valence-electron chi connectivity index (χ0n) is 59.7. The van der Waals surface area contributed by atoms with Crippen molar-refractivity contribution in [3.63, 3.8) is 0 Å². The molecule has 0 aromatic heterocycles. The molecule has 0 unspecified atom stereocenters. The van der Waals surface area contributed by atoms with Gasteiger partial charge < -0.3 is 106 Å². The van der Waals surface area contributed by atoms with Crippen molar-refractivity contribution in [2.75, 3.05) is 13.1 Å². The molecule has 0 fully saturated rings. The van der Waals surface area contributed by atoms with Crippen LogP contribution in [0.4, 0.5) is 0 Å². The molecule has 0 spiro atoms. The molecular formula is C73H91N15O21. The summed E-state index contributed by atoms with van der Waals surface area (Å²) >= 11 is 0. The van der Waals surface area contributed by atoms with Crippen LogP contribution in [-0.2, 0) is 104 Å². The van der Waals surface area contributed by atoms with Gasteiger partial charge in [-0.2, -0.15) is 0 Å². The van der Waals surface area contributed by atoms with Crippen LogP contribution in [0.1, 0.15) is 80.7 Å². The van der Waals surface area contributed by atoms with E-state index in [2.05, 4.69) is 63.8 Å². The Kier molecular flexibility index (Phi) is 34.5. The van der Waals surface area contributed by atoms with Gasteiger partial charge in [0.05, 0.1) is 31.8 Å². The van der Waals surface area contributed by atoms with Crippen LogP contribution >= 0.6 is 0 Å². The van der Waals surface area contributed by atoms with Gasteiger partial charge in [0.2, 0.25) is 65.0 Å². The summed E-state index contributed by atoms with van der Waals surface area (Å²) in [4.78, 5) is 203. The zero-order valence-corrected chi connectivity index (χ0v) is 59.7. The maximum atomic E-state index is 14.8. The van der Waals surface area contributed by atoms with Gasteiger partial charge in [-0.3, -0.25) is 72.5 Å². The number of rotatable bonds is 44. The third-order valence-corrected chi connectivity index (χ3v) is 16.6. The van der Waals surface area contributed by atoms with Crippen LogP contribution in [-0.4, -0.2) is 205 Å².